The van der Waals surface area contributed by atoms with Gasteiger partial charge in [0.25, 0.3) is 15.5 Å². The zero-order valence-corrected chi connectivity index (χ0v) is 14.2. The van der Waals surface area contributed by atoms with Crippen LogP contribution in [-0.4, -0.2) is 41.4 Å². The number of sulfone groups is 1. The van der Waals surface area contributed by atoms with Gasteiger partial charge in [-0.1, -0.05) is 0 Å². The largest absolute Gasteiger partial charge is 0.501 e. The highest BCUT2D eigenvalue weighted by Gasteiger charge is 2.47. The lowest BCUT2D eigenvalue weighted by Crippen LogP contribution is -2.23. The van der Waals surface area contributed by atoms with Crippen LogP contribution < -0.4 is 0 Å². The zero-order chi connectivity index (χ0) is 20.1. The molecule has 0 bridgehead atoms. The fourth-order valence-corrected chi connectivity index (χ4v) is 3.39. The monoisotopic (exact) mass is 414 g/mol. The molecule has 9 nitrogen and oxygen atoms in total. The molecule has 1 aromatic carbocycles. The van der Waals surface area contributed by atoms with Crippen LogP contribution in [0.5, 0.6) is 0 Å². The molecule has 0 aromatic heterocycles. The van der Waals surface area contributed by atoms with Gasteiger partial charge in [-0.05, 0) is 12.1 Å². The Morgan fingerprint density at radius 3 is 2.50 bits per heavy atom. The van der Waals surface area contributed by atoms with Crippen LogP contribution in [0.2, 0.25) is 0 Å². The van der Waals surface area contributed by atoms with Gasteiger partial charge in [0.05, 0.1) is 33.1 Å². The van der Waals surface area contributed by atoms with E-state index in [0.717, 1.165) is 0 Å². The molecular formula is C12H9F3N2O7S2. The summed E-state index contributed by atoms with van der Waals surface area (Å²) in [7, 11) is -8.22. The van der Waals surface area contributed by atoms with E-state index >= 15 is 0 Å². The van der Waals surface area contributed by atoms with Crippen molar-refractivity contribution in [1.82, 2.24) is 0 Å². The molecule has 14 heteroatoms. The molecule has 0 radical (unpaired) electrons. The molecule has 0 saturated carbocycles. The number of nitro benzene ring substituents is 1. The number of nitriles is 1. The molecule has 0 amide bonds. The van der Waals surface area contributed by atoms with Gasteiger partial charge < -0.3 is 4.74 Å². The summed E-state index contributed by atoms with van der Waals surface area (Å²) >= 11 is 0. The van der Waals surface area contributed by atoms with Crippen molar-refractivity contribution in [2.75, 3.05) is 12.4 Å². The molecule has 1 unspecified atom stereocenters. The summed E-state index contributed by atoms with van der Waals surface area (Å²) in [6, 6.07) is 2.77. The van der Waals surface area contributed by atoms with Crippen LogP contribution in [0.4, 0.5) is 18.9 Å². The van der Waals surface area contributed by atoms with Crippen LogP contribution in [0.15, 0.2) is 28.0 Å². The topological polar surface area (TPSA) is 144 Å². The second kappa shape index (κ2) is 8.23. The molecule has 0 aliphatic heterocycles. The first kappa shape index (κ1) is 21.5. The Bertz CT molecular complexity index is 891. The van der Waals surface area contributed by atoms with Crippen molar-refractivity contribution in [3.8, 4) is 6.07 Å². The first-order valence-electron chi connectivity index (χ1n) is 6.42. The first-order chi connectivity index (χ1) is 11.9. The van der Waals surface area contributed by atoms with Crippen molar-refractivity contribution in [2.45, 2.75) is 21.7 Å². The fourth-order valence-electron chi connectivity index (χ4n) is 1.57. The van der Waals surface area contributed by atoms with Gasteiger partial charge in [-0.25, -0.2) is 8.42 Å². The smallest absolute Gasteiger partial charge is 0.464 e. The van der Waals surface area contributed by atoms with Crippen LogP contribution in [-0.2, 0) is 30.2 Å². The average Bonchev–Trinajstić information content (AvgIpc) is 2.53. The molecule has 0 heterocycles. The van der Waals surface area contributed by atoms with Gasteiger partial charge in [0.1, 0.15) is 17.3 Å². The minimum absolute atomic E-state index is 0.122. The summed E-state index contributed by atoms with van der Waals surface area (Å²) in [6.07, 6.45) is -0.136. The van der Waals surface area contributed by atoms with Gasteiger partial charge in [0, 0.05) is 6.07 Å². The lowest BCUT2D eigenvalue weighted by atomic mass is 10.3. The van der Waals surface area contributed by atoms with Crippen LogP contribution in [0.3, 0.4) is 0 Å². The number of rotatable bonds is 7. The van der Waals surface area contributed by atoms with Crippen LogP contribution >= 0.6 is 0 Å². The quantitative estimate of drug-likeness (QED) is 0.282. The van der Waals surface area contributed by atoms with Gasteiger partial charge in [0.2, 0.25) is 0 Å². The normalized spacial score (nSPS) is 12.8. The number of carbonyl (C=O) groups is 1. The van der Waals surface area contributed by atoms with E-state index in [1.807, 2.05) is 0 Å². The maximum absolute atomic E-state index is 12.5. The number of halogens is 3. The Hall–Kier alpha value is -2.53. The number of alkyl halides is 3. The van der Waals surface area contributed by atoms with E-state index in [0.29, 0.717) is 12.1 Å². The Morgan fingerprint density at radius 2 is 2.00 bits per heavy atom. The van der Waals surface area contributed by atoms with Crippen LogP contribution in [0.25, 0.3) is 0 Å². The number of nitrogens with zero attached hydrogens (tertiary/aromatic N) is 2. The second-order valence-electron chi connectivity index (χ2n) is 4.45. The average molecular weight is 414 g/mol. The standard InChI is InChI=1S/C12H9F3N2O7S2/c13-12(14,15)26(22,23)8-2-3-10(9(6-8)17(19)20)25(21)7-11(18)24-5-1-4-16/h2-3,6H,1,5,7H2. The SMILES string of the molecule is N#CCCOC(=O)CS(=O)c1ccc(S(=O)(=O)C(F)(F)F)cc1[N+](=O)[O-]. The second-order valence-corrected chi connectivity index (χ2v) is 7.81. The van der Waals surface area contributed by atoms with Crippen molar-refractivity contribution >= 4 is 32.3 Å². The van der Waals surface area contributed by atoms with Crippen molar-refractivity contribution < 1.29 is 40.3 Å². The first-order valence-corrected chi connectivity index (χ1v) is 9.22. The summed E-state index contributed by atoms with van der Waals surface area (Å²) < 4.78 is 76.8. The van der Waals surface area contributed by atoms with Gasteiger partial charge in [-0.2, -0.15) is 18.4 Å². The number of nitro groups is 1. The molecule has 142 valence electrons. The molecule has 1 aromatic rings. The van der Waals surface area contributed by atoms with E-state index in [1.54, 1.807) is 6.07 Å². The summed E-state index contributed by atoms with van der Waals surface area (Å²) in [4.78, 5) is 19.1. The molecule has 0 aliphatic rings. The molecular weight excluding hydrogens is 405 g/mol. The third-order valence-electron chi connectivity index (χ3n) is 2.71. The fraction of sp³-hybridized carbons (Fsp3) is 0.333. The van der Waals surface area contributed by atoms with Gasteiger partial charge in [0.15, 0.2) is 0 Å². The lowest BCUT2D eigenvalue weighted by molar-refractivity contribution is -0.388. The zero-order valence-electron chi connectivity index (χ0n) is 12.6. The minimum Gasteiger partial charge on any atom is -0.464 e. The molecule has 0 aliphatic carbocycles. The Balaban J connectivity index is 3.19. The molecule has 0 N–H and O–H groups in total. The van der Waals surface area contributed by atoms with Crippen molar-refractivity contribution in [2.24, 2.45) is 0 Å². The van der Waals surface area contributed by atoms with Crippen molar-refractivity contribution in [3.63, 3.8) is 0 Å². The summed E-state index contributed by atoms with van der Waals surface area (Å²) in [6.45, 7) is -0.294. The summed E-state index contributed by atoms with van der Waals surface area (Å²) in [5.41, 5.74) is -6.83. The highest BCUT2D eigenvalue weighted by molar-refractivity contribution is 7.92. The van der Waals surface area contributed by atoms with Crippen LogP contribution in [0.1, 0.15) is 6.42 Å². The number of esters is 1. The van der Waals surface area contributed by atoms with E-state index in [2.05, 4.69) is 4.74 Å². The van der Waals surface area contributed by atoms with Gasteiger partial charge in [-0.3, -0.25) is 19.1 Å². The van der Waals surface area contributed by atoms with E-state index in [-0.39, 0.29) is 19.1 Å². The number of hydrogen-bond donors (Lipinski definition) is 0. The summed E-state index contributed by atoms with van der Waals surface area (Å²) in [5.74, 6) is -1.92. The van der Waals surface area contributed by atoms with E-state index in [4.69, 9.17) is 5.26 Å². The lowest BCUT2D eigenvalue weighted by Gasteiger charge is -2.09. The highest BCUT2D eigenvalue weighted by atomic mass is 32.2. The molecule has 0 fully saturated rings. The van der Waals surface area contributed by atoms with E-state index in [1.165, 1.54) is 0 Å². The third kappa shape index (κ3) is 4.99. The Morgan fingerprint density at radius 1 is 1.38 bits per heavy atom. The predicted molar refractivity (Wildman–Crippen MR) is 78.8 cm³/mol. The molecule has 0 saturated heterocycles. The van der Waals surface area contributed by atoms with E-state index in [9.17, 15) is 40.7 Å². The van der Waals surface area contributed by atoms with Crippen molar-refractivity contribution in [3.05, 3.63) is 28.3 Å². The number of ether oxygens (including phenoxy) is 1. The number of benzene rings is 1. The molecule has 0 spiro atoms. The molecule has 1 rings (SSSR count). The molecule has 1 atom stereocenters. The maximum Gasteiger partial charge on any atom is 0.501 e. The van der Waals surface area contributed by atoms with Crippen LogP contribution in [0, 0.1) is 21.4 Å². The Labute approximate surface area is 146 Å². The van der Waals surface area contributed by atoms with Gasteiger partial charge in [-0.15, -0.1) is 0 Å². The maximum atomic E-state index is 12.5. The number of carbonyl (C=O) groups excluding carboxylic acids is 1. The Kier molecular flexibility index (Phi) is 6.81. The predicted octanol–water partition coefficient (Wildman–Crippen LogP) is 1.45. The van der Waals surface area contributed by atoms with Crippen molar-refractivity contribution in [1.29, 1.82) is 5.26 Å². The van der Waals surface area contributed by atoms with Gasteiger partial charge >= 0.3 is 11.5 Å². The number of hydrogen-bond acceptors (Lipinski definition) is 8. The van der Waals surface area contributed by atoms with E-state index < -0.39 is 58.3 Å². The minimum atomic E-state index is -5.84. The molecule has 26 heavy (non-hydrogen) atoms. The highest BCUT2D eigenvalue weighted by Crippen LogP contribution is 2.33. The summed E-state index contributed by atoms with van der Waals surface area (Å²) in [5, 5.41) is 19.3. The third-order valence-corrected chi connectivity index (χ3v) is 5.53.